The summed E-state index contributed by atoms with van der Waals surface area (Å²) < 4.78 is 32.9. The van der Waals surface area contributed by atoms with E-state index in [2.05, 4.69) is 10.2 Å². The predicted molar refractivity (Wildman–Crippen MR) is 105 cm³/mol. The molecule has 0 saturated carbocycles. The van der Waals surface area contributed by atoms with Crippen molar-refractivity contribution in [2.75, 3.05) is 5.73 Å². The van der Waals surface area contributed by atoms with Crippen molar-refractivity contribution in [3.63, 3.8) is 0 Å². The van der Waals surface area contributed by atoms with Crippen LogP contribution in [0.1, 0.15) is 1.43 Å². The fraction of sp³-hybridized carbons (Fsp3) is 0. The Morgan fingerprint density at radius 3 is 2.07 bits per heavy atom. The average molecular weight is 455 g/mol. The first-order valence-electron chi connectivity index (χ1n) is 7.03. The van der Waals surface area contributed by atoms with Crippen LogP contribution in [0.25, 0.3) is 10.8 Å². The van der Waals surface area contributed by atoms with Crippen LogP contribution in [0.2, 0.25) is 15.1 Å². The number of nitrogen functional groups attached to an aromatic ring is 1. The van der Waals surface area contributed by atoms with Gasteiger partial charge in [0.2, 0.25) is 0 Å². The Morgan fingerprint density at radius 2 is 1.52 bits per heavy atom. The van der Waals surface area contributed by atoms with Gasteiger partial charge in [0.05, 0.1) is 15.7 Å². The molecule has 0 bridgehead atoms. The molecular weight excluding hydrogens is 444 g/mol. The minimum Gasteiger partial charge on any atom is -1.00 e. The average Bonchev–Trinajstić information content (AvgIpc) is 2.54. The van der Waals surface area contributed by atoms with Crippen LogP contribution in [0.3, 0.4) is 0 Å². The van der Waals surface area contributed by atoms with Crippen molar-refractivity contribution in [2.24, 2.45) is 10.2 Å². The Kier molecular flexibility index (Phi) is 7.16. The van der Waals surface area contributed by atoms with Gasteiger partial charge in [-0.25, -0.2) is 0 Å². The minimum atomic E-state index is -4.50. The molecule has 0 heterocycles. The van der Waals surface area contributed by atoms with Crippen molar-refractivity contribution in [3.05, 3.63) is 57.5 Å². The Balaban J connectivity index is 0.00000196. The minimum absolute atomic E-state index is 0. The third-order valence-corrected chi connectivity index (χ3v) is 5.23. The molecule has 6 nitrogen and oxygen atoms in total. The summed E-state index contributed by atoms with van der Waals surface area (Å²) >= 11 is 17.9. The molecule has 0 fully saturated rings. The summed E-state index contributed by atoms with van der Waals surface area (Å²) in [5, 5.41) is 9.26. The fourth-order valence-electron chi connectivity index (χ4n) is 2.38. The molecule has 3 N–H and O–H groups in total. The van der Waals surface area contributed by atoms with Crippen molar-refractivity contribution in [1.29, 1.82) is 0 Å². The largest absolute Gasteiger partial charge is 1.00 e. The molecule has 0 radical (unpaired) electrons. The van der Waals surface area contributed by atoms with E-state index in [1.165, 1.54) is 18.2 Å². The van der Waals surface area contributed by atoms with Crippen LogP contribution >= 0.6 is 34.8 Å². The van der Waals surface area contributed by atoms with E-state index in [1.54, 1.807) is 18.2 Å². The van der Waals surface area contributed by atoms with Crippen molar-refractivity contribution in [1.82, 2.24) is 0 Å². The monoisotopic (exact) mass is 453 g/mol. The molecule has 3 rings (SSSR count). The van der Waals surface area contributed by atoms with E-state index in [0.29, 0.717) is 10.4 Å². The molecule has 3 aromatic rings. The quantitative estimate of drug-likeness (QED) is 0.274. The molecule has 136 valence electrons. The van der Waals surface area contributed by atoms with Gasteiger partial charge in [-0.1, -0.05) is 59.1 Å². The summed E-state index contributed by atoms with van der Waals surface area (Å²) in [7, 11) is -4.50. The number of fused-ring (bicyclic) bond motifs is 1. The first-order chi connectivity index (χ1) is 12.2. The Bertz CT molecular complexity index is 1150. The molecule has 0 saturated heterocycles. The fourth-order valence-corrected chi connectivity index (χ4v) is 3.99. The molecule has 3 aromatic carbocycles. The predicted octanol–water partition coefficient (Wildman–Crippen LogP) is 3.16. The van der Waals surface area contributed by atoms with E-state index in [1.807, 2.05) is 0 Å². The summed E-state index contributed by atoms with van der Waals surface area (Å²) in [5.74, 6) is 0. The van der Waals surface area contributed by atoms with E-state index in [0.717, 1.165) is 6.07 Å². The first kappa shape index (κ1) is 22.4. The van der Waals surface area contributed by atoms with Crippen LogP contribution in [0.15, 0.2) is 57.6 Å². The second-order valence-corrected chi connectivity index (χ2v) is 7.89. The van der Waals surface area contributed by atoms with Gasteiger partial charge in [0, 0.05) is 15.8 Å². The maximum absolute atomic E-state index is 11.7. The maximum Gasteiger partial charge on any atom is 1.00 e. The van der Waals surface area contributed by atoms with Gasteiger partial charge in [-0.2, -0.15) is 8.42 Å². The summed E-state index contributed by atoms with van der Waals surface area (Å²) in [4.78, 5) is -0.329. The van der Waals surface area contributed by atoms with Crippen molar-refractivity contribution in [2.45, 2.75) is 4.90 Å². The third kappa shape index (κ3) is 4.75. The van der Waals surface area contributed by atoms with Gasteiger partial charge < -0.3 is 7.16 Å². The topological polar surface area (TPSA) is 105 Å². The molecule has 0 unspecified atom stereocenters. The van der Waals surface area contributed by atoms with Gasteiger partial charge >= 0.3 is 29.6 Å². The summed E-state index contributed by atoms with van der Waals surface area (Å²) in [5.41, 5.74) is 6.46. The van der Waals surface area contributed by atoms with Gasteiger partial charge in [0.1, 0.15) is 16.3 Å². The van der Waals surface area contributed by atoms with Crippen LogP contribution in [0.4, 0.5) is 17.1 Å². The number of azo groups is 1. The van der Waals surface area contributed by atoms with Crippen LogP contribution in [-0.2, 0) is 10.1 Å². The smallest absolute Gasteiger partial charge is 1.00 e. The third-order valence-electron chi connectivity index (χ3n) is 3.54. The normalized spacial score (nSPS) is 11.7. The number of anilines is 1. The summed E-state index contributed by atoms with van der Waals surface area (Å²) in [6, 6.07) is 10.5. The number of benzene rings is 3. The molecule has 0 atom stereocenters. The Morgan fingerprint density at radius 1 is 0.963 bits per heavy atom. The van der Waals surface area contributed by atoms with E-state index in [4.69, 9.17) is 40.5 Å². The first-order valence-corrected chi connectivity index (χ1v) is 9.61. The number of hydrogen-bond donors (Lipinski definition) is 2. The molecule has 27 heavy (non-hydrogen) atoms. The van der Waals surface area contributed by atoms with E-state index < -0.39 is 10.1 Å². The van der Waals surface area contributed by atoms with Crippen molar-refractivity contribution >= 4 is 72.8 Å². The number of halogens is 3. The van der Waals surface area contributed by atoms with E-state index in [-0.39, 0.29) is 68.4 Å². The Labute approximate surface area is 193 Å². The van der Waals surface area contributed by atoms with Crippen molar-refractivity contribution in [3.8, 4) is 0 Å². The van der Waals surface area contributed by atoms with Gasteiger partial charge in [-0.15, -0.1) is 10.2 Å². The number of rotatable bonds is 3. The zero-order chi connectivity index (χ0) is 19.1. The second-order valence-electron chi connectivity index (χ2n) is 5.25. The van der Waals surface area contributed by atoms with Gasteiger partial charge in [-0.3, -0.25) is 4.55 Å². The van der Waals surface area contributed by atoms with Crippen LogP contribution in [0, 0.1) is 0 Å². The van der Waals surface area contributed by atoms with Crippen LogP contribution in [-0.4, -0.2) is 13.0 Å². The molecule has 0 amide bonds. The molecular formula is C16H11Cl3N3NaO3S. The van der Waals surface area contributed by atoms with Gasteiger partial charge in [0.15, 0.2) is 0 Å². The molecule has 0 spiro atoms. The number of nitrogens with zero attached hydrogens (tertiary/aromatic N) is 2. The second kappa shape index (κ2) is 8.63. The van der Waals surface area contributed by atoms with E-state index >= 15 is 0 Å². The molecule has 0 aliphatic rings. The SMILES string of the molecule is Nc1c(N=Nc2c(Cl)cc(Cl)cc2Cl)cc(S(=O)(=O)O)c2ccccc12.[H-].[Na+]. The standard InChI is InChI=1S/C16H10Cl3N3O3S.Na.H/c17-8-5-11(18)16(12(19)6-8)22-21-13-7-14(26(23,24)25)9-3-1-2-4-10(9)15(13)20;;/h1-7H,20H2,(H,23,24,25);;/q;+1;-1. The summed E-state index contributed by atoms with van der Waals surface area (Å²) in [6.07, 6.45) is 0. The molecule has 0 aliphatic heterocycles. The molecule has 0 aromatic heterocycles. The van der Waals surface area contributed by atoms with Crippen LogP contribution in [0.5, 0.6) is 0 Å². The van der Waals surface area contributed by atoms with Crippen LogP contribution < -0.4 is 35.3 Å². The number of hydrogen-bond acceptors (Lipinski definition) is 5. The van der Waals surface area contributed by atoms with Gasteiger partial charge in [-0.05, 0) is 18.2 Å². The van der Waals surface area contributed by atoms with Crippen molar-refractivity contribution < 1.29 is 44.0 Å². The molecule has 0 aliphatic carbocycles. The van der Waals surface area contributed by atoms with Gasteiger partial charge in [0.25, 0.3) is 10.1 Å². The number of nitrogens with two attached hydrogens (primary N) is 1. The van der Waals surface area contributed by atoms with E-state index in [9.17, 15) is 13.0 Å². The zero-order valence-corrected chi connectivity index (χ0v) is 18.9. The zero-order valence-electron chi connectivity index (χ0n) is 14.8. The summed E-state index contributed by atoms with van der Waals surface area (Å²) in [6.45, 7) is 0. The molecule has 11 heteroatoms. The maximum atomic E-state index is 11.7. The Hall–Kier alpha value is -0.900.